The van der Waals surface area contributed by atoms with E-state index in [1.165, 1.54) is 39.8 Å². The van der Waals surface area contributed by atoms with Crippen LogP contribution in [-0.4, -0.2) is 23.9 Å². The second-order valence-electron chi connectivity index (χ2n) is 9.24. The SMILES string of the molecule is C=C(C)C(=O)O/C=C\Oc1cc(O/C=C\OC(=O)C(=C)C)c2cc(O/C=C\OC(=O)C(=C)C)cc(O/C=C\OC(=O)C(=C)C)c2c1. The number of rotatable bonds is 16. The summed E-state index contributed by atoms with van der Waals surface area (Å²) in [4.78, 5) is 46.8. The van der Waals surface area contributed by atoms with Crippen LogP contribution in [0.1, 0.15) is 27.7 Å². The Balaban J connectivity index is 2.57. The summed E-state index contributed by atoms with van der Waals surface area (Å²) in [5, 5.41) is 0.793. The summed E-state index contributed by atoms with van der Waals surface area (Å²) in [6.07, 6.45) is 8.52. The molecule has 0 bridgehead atoms. The fourth-order valence-electron chi connectivity index (χ4n) is 2.85. The van der Waals surface area contributed by atoms with Crippen LogP contribution < -0.4 is 18.9 Å². The van der Waals surface area contributed by atoms with E-state index in [0.717, 1.165) is 50.1 Å². The van der Waals surface area contributed by atoms with Crippen molar-refractivity contribution in [1.29, 1.82) is 0 Å². The van der Waals surface area contributed by atoms with Crippen LogP contribution >= 0.6 is 0 Å². The molecule has 0 fully saturated rings. The van der Waals surface area contributed by atoms with Gasteiger partial charge < -0.3 is 37.9 Å². The fourth-order valence-corrected chi connectivity index (χ4v) is 2.85. The highest BCUT2D eigenvalue weighted by molar-refractivity contribution is 5.96. The molecule has 2 aromatic carbocycles. The molecule has 2 rings (SSSR count). The molecule has 0 unspecified atom stereocenters. The van der Waals surface area contributed by atoms with Crippen LogP contribution in [0.4, 0.5) is 0 Å². The fraction of sp³-hybridized carbons (Fsp3) is 0.118. The van der Waals surface area contributed by atoms with E-state index < -0.39 is 23.9 Å². The normalized spacial score (nSPS) is 11.0. The van der Waals surface area contributed by atoms with Crippen LogP contribution in [0.25, 0.3) is 10.8 Å². The Hall–Kier alpha value is -6.30. The van der Waals surface area contributed by atoms with E-state index in [1.54, 1.807) is 12.1 Å². The Morgan fingerprint density at radius 1 is 0.435 bits per heavy atom. The second kappa shape index (κ2) is 17.7. The molecule has 240 valence electrons. The van der Waals surface area contributed by atoms with Gasteiger partial charge in [-0.05, 0) is 39.8 Å². The maximum absolute atomic E-state index is 11.7. The first-order valence-corrected chi connectivity index (χ1v) is 13.1. The highest BCUT2D eigenvalue weighted by Gasteiger charge is 2.14. The summed E-state index contributed by atoms with van der Waals surface area (Å²) in [6.45, 7) is 20.0. The number of ether oxygens (including phenoxy) is 8. The van der Waals surface area contributed by atoms with E-state index in [0.29, 0.717) is 10.8 Å². The summed E-state index contributed by atoms with van der Waals surface area (Å²) in [6, 6.07) is 6.08. The van der Waals surface area contributed by atoms with Crippen LogP contribution in [-0.2, 0) is 38.1 Å². The number of fused-ring (bicyclic) bond motifs is 1. The summed E-state index contributed by atoms with van der Waals surface area (Å²) >= 11 is 0. The van der Waals surface area contributed by atoms with Crippen LogP contribution in [0.15, 0.2) is 123 Å². The predicted octanol–water partition coefficient (Wildman–Crippen LogP) is 6.72. The van der Waals surface area contributed by atoms with E-state index in [2.05, 4.69) is 26.3 Å². The predicted molar refractivity (Wildman–Crippen MR) is 167 cm³/mol. The minimum absolute atomic E-state index is 0.160. The molecule has 2 aromatic rings. The smallest absolute Gasteiger partial charge is 0.338 e. The minimum Gasteiger partial charge on any atom is -0.462 e. The van der Waals surface area contributed by atoms with E-state index >= 15 is 0 Å². The van der Waals surface area contributed by atoms with Gasteiger partial charge in [-0.15, -0.1) is 0 Å². The van der Waals surface area contributed by atoms with Crippen LogP contribution in [0.5, 0.6) is 23.0 Å². The molecule has 0 saturated heterocycles. The lowest BCUT2D eigenvalue weighted by atomic mass is 10.1. The average Bonchev–Trinajstić information content (AvgIpc) is 3.00. The highest BCUT2D eigenvalue weighted by atomic mass is 16.6. The molecular weight excluding hydrogens is 600 g/mol. The van der Waals surface area contributed by atoms with Crippen molar-refractivity contribution in [3.8, 4) is 23.0 Å². The zero-order chi connectivity index (χ0) is 34.2. The molecule has 0 heterocycles. The van der Waals surface area contributed by atoms with Gasteiger partial charge in [-0.1, -0.05) is 26.3 Å². The Bertz CT molecular complexity index is 1550. The van der Waals surface area contributed by atoms with Crippen molar-refractivity contribution in [3.63, 3.8) is 0 Å². The van der Waals surface area contributed by atoms with Gasteiger partial charge in [-0.3, -0.25) is 0 Å². The lowest BCUT2D eigenvalue weighted by molar-refractivity contribution is -0.134. The maximum Gasteiger partial charge on any atom is 0.338 e. The van der Waals surface area contributed by atoms with Gasteiger partial charge in [0.15, 0.2) is 0 Å². The van der Waals surface area contributed by atoms with Crippen molar-refractivity contribution in [2.45, 2.75) is 27.7 Å². The molecule has 12 nitrogen and oxygen atoms in total. The summed E-state index contributed by atoms with van der Waals surface area (Å²) in [5.41, 5.74) is 0.737. The van der Waals surface area contributed by atoms with Crippen molar-refractivity contribution >= 4 is 34.6 Å². The van der Waals surface area contributed by atoms with Crippen molar-refractivity contribution in [2.75, 3.05) is 0 Å². The van der Waals surface area contributed by atoms with Crippen LogP contribution in [0.2, 0.25) is 0 Å². The maximum atomic E-state index is 11.7. The van der Waals surface area contributed by atoms with Crippen molar-refractivity contribution in [2.24, 2.45) is 0 Å². The lowest BCUT2D eigenvalue weighted by Gasteiger charge is -2.14. The molecule has 0 aliphatic rings. The first-order chi connectivity index (χ1) is 21.8. The van der Waals surface area contributed by atoms with E-state index in [4.69, 9.17) is 37.9 Å². The van der Waals surface area contributed by atoms with Crippen molar-refractivity contribution in [1.82, 2.24) is 0 Å². The topological polar surface area (TPSA) is 142 Å². The van der Waals surface area contributed by atoms with Gasteiger partial charge in [0.1, 0.15) is 73.1 Å². The average molecular weight is 633 g/mol. The Labute approximate surface area is 265 Å². The van der Waals surface area contributed by atoms with Crippen molar-refractivity contribution < 1.29 is 57.1 Å². The molecule has 0 aromatic heterocycles. The molecule has 0 spiro atoms. The Kier molecular flexibility index (Phi) is 13.8. The van der Waals surface area contributed by atoms with E-state index in [9.17, 15) is 19.2 Å². The van der Waals surface area contributed by atoms with Crippen LogP contribution in [0.3, 0.4) is 0 Å². The number of carbonyl (C=O) groups is 4. The van der Waals surface area contributed by atoms with Crippen molar-refractivity contribution in [3.05, 3.63) is 123 Å². The van der Waals surface area contributed by atoms with E-state index in [-0.39, 0.29) is 45.3 Å². The van der Waals surface area contributed by atoms with Gasteiger partial charge in [-0.2, -0.15) is 0 Å². The molecular formula is C34H32O12. The Morgan fingerprint density at radius 2 is 0.696 bits per heavy atom. The number of hydrogen-bond acceptors (Lipinski definition) is 12. The first kappa shape index (κ1) is 35.9. The zero-order valence-corrected chi connectivity index (χ0v) is 25.7. The lowest BCUT2D eigenvalue weighted by Crippen LogP contribution is -2.00. The molecule has 0 radical (unpaired) electrons. The number of carbonyl (C=O) groups excluding carboxylic acids is 4. The van der Waals surface area contributed by atoms with Gasteiger partial charge in [0, 0.05) is 45.2 Å². The Morgan fingerprint density at radius 3 is 0.957 bits per heavy atom. The van der Waals surface area contributed by atoms with Gasteiger partial charge in [0.2, 0.25) is 0 Å². The largest absolute Gasteiger partial charge is 0.462 e. The molecule has 0 amide bonds. The zero-order valence-electron chi connectivity index (χ0n) is 25.7. The molecule has 0 N–H and O–H groups in total. The summed E-state index contributed by atoms with van der Waals surface area (Å²) in [5.74, 6) is -1.92. The second-order valence-corrected chi connectivity index (χ2v) is 9.24. The quantitative estimate of drug-likeness (QED) is 0.0839. The third-order valence-corrected chi connectivity index (χ3v) is 5.06. The van der Waals surface area contributed by atoms with E-state index in [1.807, 2.05) is 0 Å². The van der Waals surface area contributed by atoms with Gasteiger partial charge in [-0.25, -0.2) is 19.2 Å². The third-order valence-electron chi connectivity index (χ3n) is 5.06. The number of hydrogen-bond donors (Lipinski definition) is 0. The van der Waals surface area contributed by atoms with Gasteiger partial charge >= 0.3 is 23.9 Å². The number of benzene rings is 2. The van der Waals surface area contributed by atoms with Gasteiger partial charge in [0.05, 0.1) is 0 Å². The molecule has 0 saturated carbocycles. The molecule has 12 heteroatoms. The number of esters is 4. The first-order valence-electron chi connectivity index (χ1n) is 13.1. The van der Waals surface area contributed by atoms with Gasteiger partial charge in [0.25, 0.3) is 0 Å². The minimum atomic E-state index is -0.666. The molecule has 46 heavy (non-hydrogen) atoms. The summed E-state index contributed by atoms with van der Waals surface area (Å²) < 4.78 is 42.4. The molecule has 0 atom stereocenters. The monoisotopic (exact) mass is 632 g/mol. The standard InChI is InChI=1S/C34H32O12/c1-21(2)31(35)43-13-9-39-25-17-27-28(29(19-25)41-11-15-45-33(37)23(5)6)18-26(40-10-14-44-32(36)22(3)4)20-30(27)42-12-16-46-34(38)24(7)8/h9-20H,1,3,5,7H2,2,4,6,8H3/b13-9-,14-10-,15-11-,16-12-. The van der Waals surface area contributed by atoms with Crippen LogP contribution in [0, 0.1) is 0 Å². The molecule has 0 aliphatic heterocycles. The highest BCUT2D eigenvalue weighted by Crippen LogP contribution is 2.40. The molecule has 0 aliphatic carbocycles. The summed E-state index contributed by atoms with van der Waals surface area (Å²) in [7, 11) is 0. The third kappa shape index (κ3) is 11.8.